The minimum Gasteiger partial charge on any atom is -0.329 e. The molecule has 0 saturated carbocycles. The molecule has 0 aliphatic carbocycles. The first kappa shape index (κ1) is 12.6. The van der Waals surface area contributed by atoms with E-state index in [1.807, 2.05) is 0 Å². The fourth-order valence-corrected chi connectivity index (χ4v) is 1.15. The van der Waals surface area contributed by atoms with Crippen LogP contribution in [0.15, 0.2) is 18.2 Å². The molecule has 0 bridgehead atoms. The van der Waals surface area contributed by atoms with E-state index < -0.39 is 5.41 Å². The summed E-state index contributed by atoms with van der Waals surface area (Å²) in [5.74, 6) is -0.474. The van der Waals surface area contributed by atoms with Gasteiger partial charge in [-0.3, -0.25) is 4.79 Å². The van der Waals surface area contributed by atoms with Gasteiger partial charge in [-0.05, 0) is 44.5 Å². The Morgan fingerprint density at radius 3 is 2.62 bits per heavy atom. The Morgan fingerprint density at radius 2 is 2.12 bits per heavy atom. The SMILES string of the molecule is Cc1cc(F)ccc1NC(=O)C(C)(C)CN. The highest BCUT2D eigenvalue weighted by molar-refractivity contribution is 5.95. The molecular formula is C12H17FN2O. The number of aryl methyl sites for hydroxylation is 1. The van der Waals surface area contributed by atoms with Gasteiger partial charge >= 0.3 is 0 Å². The zero-order valence-corrected chi connectivity index (χ0v) is 9.80. The first-order valence-electron chi connectivity index (χ1n) is 5.14. The summed E-state index contributed by atoms with van der Waals surface area (Å²) in [6.07, 6.45) is 0. The van der Waals surface area contributed by atoms with E-state index in [1.165, 1.54) is 12.1 Å². The van der Waals surface area contributed by atoms with E-state index in [1.54, 1.807) is 26.8 Å². The highest BCUT2D eigenvalue weighted by atomic mass is 19.1. The van der Waals surface area contributed by atoms with Crippen molar-refractivity contribution in [2.75, 3.05) is 11.9 Å². The second kappa shape index (κ2) is 4.61. The fourth-order valence-electron chi connectivity index (χ4n) is 1.15. The van der Waals surface area contributed by atoms with Crippen molar-refractivity contribution in [1.82, 2.24) is 0 Å². The molecule has 0 aliphatic heterocycles. The molecule has 1 aromatic carbocycles. The van der Waals surface area contributed by atoms with Crippen molar-refractivity contribution >= 4 is 11.6 Å². The summed E-state index contributed by atoms with van der Waals surface area (Å²) in [6.45, 7) is 5.54. The van der Waals surface area contributed by atoms with Crippen molar-refractivity contribution in [3.8, 4) is 0 Å². The number of nitrogens with one attached hydrogen (secondary N) is 1. The smallest absolute Gasteiger partial charge is 0.231 e. The van der Waals surface area contributed by atoms with Crippen molar-refractivity contribution in [3.63, 3.8) is 0 Å². The lowest BCUT2D eigenvalue weighted by Crippen LogP contribution is -2.37. The van der Waals surface area contributed by atoms with E-state index in [0.717, 1.165) is 0 Å². The molecule has 0 spiro atoms. The van der Waals surface area contributed by atoms with Gasteiger partial charge in [0.15, 0.2) is 0 Å². The molecule has 0 fully saturated rings. The summed E-state index contributed by atoms with van der Waals surface area (Å²) in [5, 5.41) is 2.74. The first-order chi connectivity index (χ1) is 7.36. The normalized spacial score (nSPS) is 11.3. The molecule has 3 nitrogen and oxygen atoms in total. The Labute approximate surface area is 94.8 Å². The largest absolute Gasteiger partial charge is 0.329 e. The zero-order chi connectivity index (χ0) is 12.3. The molecule has 1 rings (SSSR count). The molecule has 88 valence electrons. The van der Waals surface area contributed by atoms with Gasteiger partial charge in [-0.25, -0.2) is 4.39 Å². The summed E-state index contributed by atoms with van der Waals surface area (Å²) >= 11 is 0. The minimum atomic E-state index is -0.624. The summed E-state index contributed by atoms with van der Waals surface area (Å²) in [7, 11) is 0. The van der Waals surface area contributed by atoms with Crippen molar-refractivity contribution in [1.29, 1.82) is 0 Å². The van der Waals surface area contributed by atoms with Gasteiger partial charge in [0, 0.05) is 12.2 Å². The lowest BCUT2D eigenvalue weighted by atomic mass is 9.92. The molecule has 0 atom stereocenters. The van der Waals surface area contributed by atoms with Gasteiger partial charge < -0.3 is 11.1 Å². The van der Waals surface area contributed by atoms with Gasteiger partial charge in [0.25, 0.3) is 0 Å². The Bertz CT molecular complexity index is 402. The van der Waals surface area contributed by atoms with Crippen molar-refractivity contribution < 1.29 is 9.18 Å². The topological polar surface area (TPSA) is 55.1 Å². The van der Waals surface area contributed by atoms with Gasteiger partial charge in [0.05, 0.1) is 5.41 Å². The van der Waals surface area contributed by atoms with Crippen LogP contribution in [0.4, 0.5) is 10.1 Å². The van der Waals surface area contributed by atoms with Crippen LogP contribution in [0.2, 0.25) is 0 Å². The predicted octanol–water partition coefficient (Wildman–Crippen LogP) is 2.06. The third-order valence-electron chi connectivity index (χ3n) is 2.56. The molecule has 0 radical (unpaired) electrons. The monoisotopic (exact) mass is 224 g/mol. The number of amides is 1. The maximum Gasteiger partial charge on any atom is 0.231 e. The van der Waals surface area contributed by atoms with Crippen LogP contribution in [0, 0.1) is 18.2 Å². The molecule has 4 heteroatoms. The Morgan fingerprint density at radius 1 is 1.50 bits per heavy atom. The Balaban J connectivity index is 2.85. The average Bonchev–Trinajstić information content (AvgIpc) is 2.22. The highest BCUT2D eigenvalue weighted by Crippen LogP contribution is 2.20. The van der Waals surface area contributed by atoms with E-state index >= 15 is 0 Å². The number of hydrogen-bond acceptors (Lipinski definition) is 2. The highest BCUT2D eigenvalue weighted by Gasteiger charge is 2.25. The standard InChI is InChI=1S/C12H17FN2O/c1-8-6-9(13)4-5-10(8)15-11(16)12(2,3)7-14/h4-6H,7,14H2,1-3H3,(H,15,16). The maximum absolute atomic E-state index is 12.9. The van der Waals surface area contributed by atoms with E-state index in [-0.39, 0.29) is 18.3 Å². The molecule has 1 aromatic rings. The second-order valence-corrected chi connectivity index (χ2v) is 4.50. The number of rotatable bonds is 3. The Kier molecular flexibility index (Phi) is 3.65. The maximum atomic E-state index is 12.9. The molecule has 0 heterocycles. The van der Waals surface area contributed by atoms with E-state index in [9.17, 15) is 9.18 Å². The number of anilines is 1. The zero-order valence-electron chi connectivity index (χ0n) is 9.80. The average molecular weight is 224 g/mol. The first-order valence-corrected chi connectivity index (χ1v) is 5.14. The van der Waals surface area contributed by atoms with Crippen LogP contribution in [0.1, 0.15) is 19.4 Å². The van der Waals surface area contributed by atoms with E-state index in [4.69, 9.17) is 5.73 Å². The third-order valence-corrected chi connectivity index (χ3v) is 2.56. The van der Waals surface area contributed by atoms with Crippen LogP contribution in [0.3, 0.4) is 0 Å². The molecular weight excluding hydrogens is 207 g/mol. The van der Waals surface area contributed by atoms with Crippen LogP contribution in [-0.4, -0.2) is 12.5 Å². The molecule has 0 aliphatic rings. The van der Waals surface area contributed by atoms with Crippen LogP contribution in [-0.2, 0) is 4.79 Å². The van der Waals surface area contributed by atoms with E-state index in [2.05, 4.69) is 5.32 Å². The van der Waals surface area contributed by atoms with Gasteiger partial charge in [-0.1, -0.05) is 0 Å². The van der Waals surface area contributed by atoms with Crippen molar-refractivity contribution in [2.45, 2.75) is 20.8 Å². The minimum absolute atomic E-state index is 0.162. The summed E-state index contributed by atoms with van der Waals surface area (Å²) in [5.41, 5.74) is 6.19. The van der Waals surface area contributed by atoms with Crippen LogP contribution >= 0.6 is 0 Å². The van der Waals surface area contributed by atoms with Gasteiger partial charge in [-0.2, -0.15) is 0 Å². The number of carbonyl (C=O) groups is 1. The molecule has 0 aromatic heterocycles. The lowest BCUT2D eigenvalue weighted by Gasteiger charge is -2.21. The van der Waals surface area contributed by atoms with Crippen LogP contribution in [0.25, 0.3) is 0 Å². The van der Waals surface area contributed by atoms with Gasteiger partial charge in [-0.15, -0.1) is 0 Å². The van der Waals surface area contributed by atoms with Gasteiger partial charge in [0.1, 0.15) is 5.82 Å². The van der Waals surface area contributed by atoms with E-state index in [0.29, 0.717) is 11.3 Å². The predicted molar refractivity (Wildman–Crippen MR) is 62.6 cm³/mol. The number of benzene rings is 1. The van der Waals surface area contributed by atoms with Crippen LogP contribution in [0.5, 0.6) is 0 Å². The molecule has 3 N–H and O–H groups in total. The van der Waals surface area contributed by atoms with Crippen molar-refractivity contribution in [3.05, 3.63) is 29.6 Å². The third kappa shape index (κ3) is 2.79. The number of carbonyl (C=O) groups excluding carboxylic acids is 1. The van der Waals surface area contributed by atoms with Gasteiger partial charge in [0.2, 0.25) is 5.91 Å². The number of hydrogen-bond donors (Lipinski definition) is 2. The summed E-state index contributed by atoms with van der Waals surface area (Å²) < 4.78 is 12.9. The number of halogens is 1. The van der Waals surface area contributed by atoms with Crippen molar-refractivity contribution in [2.24, 2.45) is 11.1 Å². The summed E-state index contributed by atoms with van der Waals surface area (Å²) in [6, 6.07) is 4.25. The van der Waals surface area contributed by atoms with Crippen LogP contribution < -0.4 is 11.1 Å². The Hall–Kier alpha value is -1.42. The quantitative estimate of drug-likeness (QED) is 0.825. The lowest BCUT2D eigenvalue weighted by molar-refractivity contribution is -0.123. The summed E-state index contributed by atoms with van der Waals surface area (Å²) in [4.78, 5) is 11.8. The fraction of sp³-hybridized carbons (Fsp3) is 0.417. The molecule has 1 amide bonds. The molecule has 0 unspecified atom stereocenters. The molecule has 16 heavy (non-hydrogen) atoms. The number of nitrogens with two attached hydrogens (primary N) is 1. The molecule has 0 saturated heterocycles. The second-order valence-electron chi connectivity index (χ2n) is 4.50.